The molecule has 1 unspecified atom stereocenters. The van der Waals surface area contributed by atoms with Crippen LogP contribution < -0.4 is 5.32 Å². The minimum atomic E-state index is -0.218. The first-order valence-corrected chi connectivity index (χ1v) is 6.71. The Morgan fingerprint density at radius 3 is 2.88 bits per heavy atom. The van der Waals surface area contributed by atoms with E-state index in [1.54, 1.807) is 12.1 Å². The van der Waals surface area contributed by atoms with Crippen LogP contribution in [0.5, 0.6) is 0 Å². The topological polar surface area (TPSA) is 37.8 Å². The molecule has 3 nitrogen and oxygen atoms in total. The van der Waals surface area contributed by atoms with Crippen molar-refractivity contribution < 1.29 is 4.39 Å². The Morgan fingerprint density at radius 2 is 2.29 bits per heavy atom. The summed E-state index contributed by atoms with van der Waals surface area (Å²) in [5.41, 5.74) is 0.937. The average molecular weight is 269 g/mol. The van der Waals surface area contributed by atoms with Gasteiger partial charge in [-0.05, 0) is 43.2 Å². The van der Waals surface area contributed by atoms with Crippen molar-refractivity contribution in [1.82, 2.24) is 14.7 Å². The second-order valence-corrected chi connectivity index (χ2v) is 5.58. The quantitative estimate of drug-likeness (QED) is 0.925. The summed E-state index contributed by atoms with van der Waals surface area (Å²) >= 11 is 2.56. The third-order valence-electron chi connectivity index (χ3n) is 2.43. The number of benzene rings is 1. The van der Waals surface area contributed by atoms with E-state index in [9.17, 15) is 4.39 Å². The van der Waals surface area contributed by atoms with Gasteiger partial charge in [-0.3, -0.25) is 0 Å². The molecule has 17 heavy (non-hydrogen) atoms. The molecule has 1 aromatic heterocycles. The van der Waals surface area contributed by atoms with Crippen LogP contribution >= 0.6 is 23.3 Å². The van der Waals surface area contributed by atoms with Crippen molar-refractivity contribution in [1.29, 1.82) is 0 Å². The molecule has 6 heteroatoms. The Labute approximate surface area is 108 Å². The van der Waals surface area contributed by atoms with Gasteiger partial charge in [-0.2, -0.15) is 4.37 Å². The van der Waals surface area contributed by atoms with Crippen molar-refractivity contribution in [3.8, 4) is 0 Å². The Morgan fingerprint density at radius 1 is 1.47 bits per heavy atom. The molecule has 0 aliphatic heterocycles. The Bertz CT molecular complexity index is 487. The van der Waals surface area contributed by atoms with Gasteiger partial charge in [-0.1, -0.05) is 17.8 Å². The van der Waals surface area contributed by atoms with Gasteiger partial charge < -0.3 is 5.32 Å². The maximum atomic E-state index is 13.8. The number of aromatic nitrogens is 2. The molecule has 0 radical (unpaired) electrons. The van der Waals surface area contributed by atoms with E-state index in [1.165, 1.54) is 29.6 Å². The molecule has 2 rings (SSSR count). The number of rotatable bonds is 4. The minimum Gasteiger partial charge on any atom is -0.313 e. The third-order valence-corrected chi connectivity index (χ3v) is 4.19. The predicted octanol–water partition coefficient (Wildman–Crippen LogP) is 3.11. The highest BCUT2D eigenvalue weighted by Gasteiger charge is 2.10. The number of halogens is 1. The SMILES string of the molecule is CNC(C)c1ccc(Sc2ncns2)c(F)c1. The van der Waals surface area contributed by atoms with E-state index in [4.69, 9.17) is 0 Å². The fourth-order valence-corrected chi connectivity index (χ4v) is 2.74. The summed E-state index contributed by atoms with van der Waals surface area (Å²) < 4.78 is 18.5. The Kier molecular flexibility index (Phi) is 4.09. The van der Waals surface area contributed by atoms with Crippen LogP contribution in [0.15, 0.2) is 33.8 Å². The fourth-order valence-electron chi connectivity index (χ4n) is 1.34. The highest BCUT2D eigenvalue weighted by molar-refractivity contribution is 8.01. The molecule has 1 N–H and O–H groups in total. The van der Waals surface area contributed by atoms with Crippen molar-refractivity contribution in [2.24, 2.45) is 0 Å². The Hall–Kier alpha value is -0.980. The molecule has 0 aliphatic carbocycles. The highest BCUT2D eigenvalue weighted by Crippen LogP contribution is 2.31. The second kappa shape index (κ2) is 5.57. The average Bonchev–Trinajstić information content (AvgIpc) is 2.83. The molecule has 2 aromatic rings. The van der Waals surface area contributed by atoms with Crippen LogP contribution in [0.4, 0.5) is 4.39 Å². The van der Waals surface area contributed by atoms with Crippen LogP contribution in [0, 0.1) is 5.82 Å². The van der Waals surface area contributed by atoms with Crippen LogP contribution in [0.25, 0.3) is 0 Å². The summed E-state index contributed by atoms with van der Waals surface area (Å²) in [6.45, 7) is 1.99. The first-order valence-electron chi connectivity index (χ1n) is 5.12. The van der Waals surface area contributed by atoms with E-state index in [1.807, 2.05) is 20.0 Å². The zero-order valence-corrected chi connectivity index (χ0v) is 11.1. The molecule has 0 bridgehead atoms. The molecular formula is C11H12FN3S2. The summed E-state index contributed by atoms with van der Waals surface area (Å²) in [4.78, 5) is 4.60. The summed E-state index contributed by atoms with van der Waals surface area (Å²) in [6, 6.07) is 5.41. The van der Waals surface area contributed by atoms with Crippen LogP contribution in [0.1, 0.15) is 18.5 Å². The van der Waals surface area contributed by atoms with E-state index in [2.05, 4.69) is 14.7 Å². The molecule has 1 aromatic carbocycles. The number of hydrogen-bond donors (Lipinski definition) is 1. The van der Waals surface area contributed by atoms with Gasteiger partial charge in [0.1, 0.15) is 12.1 Å². The maximum Gasteiger partial charge on any atom is 0.174 e. The van der Waals surface area contributed by atoms with E-state index in [0.29, 0.717) is 4.90 Å². The second-order valence-electron chi connectivity index (χ2n) is 3.51. The summed E-state index contributed by atoms with van der Waals surface area (Å²) in [6.07, 6.45) is 1.47. The van der Waals surface area contributed by atoms with Crippen LogP contribution in [0.3, 0.4) is 0 Å². The van der Waals surface area contributed by atoms with Crippen LogP contribution in [-0.4, -0.2) is 16.4 Å². The molecule has 1 atom stereocenters. The van der Waals surface area contributed by atoms with Gasteiger partial charge in [0.05, 0.1) is 4.90 Å². The smallest absolute Gasteiger partial charge is 0.174 e. The normalized spacial score (nSPS) is 12.6. The summed E-state index contributed by atoms with van der Waals surface area (Å²) in [5, 5.41) is 3.08. The fraction of sp³-hybridized carbons (Fsp3) is 0.273. The van der Waals surface area contributed by atoms with Gasteiger partial charge in [0, 0.05) is 6.04 Å². The summed E-state index contributed by atoms with van der Waals surface area (Å²) in [7, 11) is 1.85. The molecule has 0 aliphatic rings. The van der Waals surface area contributed by atoms with Crippen LogP contribution in [-0.2, 0) is 0 Å². The van der Waals surface area contributed by atoms with Crippen molar-refractivity contribution in [2.45, 2.75) is 22.2 Å². The lowest BCUT2D eigenvalue weighted by Crippen LogP contribution is -2.12. The lowest BCUT2D eigenvalue weighted by atomic mass is 10.1. The first-order chi connectivity index (χ1) is 8.20. The zero-order chi connectivity index (χ0) is 12.3. The van der Waals surface area contributed by atoms with Crippen LogP contribution in [0.2, 0.25) is 0 Å². The van der Waals surface area contributed by atoms with E-state index in [0.717, 1.165) is 9.90 Å². The van der Waals surface area contributed by atoms with E-state index < -0.39 is 0 Å². The lowest BCUT2D eigenvalue weighted by Gasteiger charge is -2.11. The standard InChI is InChI=1S/C11H12FN3S2/c1-7(13-2)8-3-4-10(9(12)5-8)16-11-14-6-15-17-11/h3-7,13H,1-2H3. The van der Waals surface area contributed by atoms with Gasteiger partial charge in [0.15, 0.2) is 4.34 Å². The molecule has 90 valence electrons. The predicted molar refractivity (Wildman–Crippen MR) is 67.9 cm³/mol. The summed E-state index contributed by atoms with van der Waals surface area (Å²) in [5.74, 6) is -0.218. The van der Waals surface area contributed by atoms with E-state index >= 15 is 0 Å². The van der Waals surface area contributed by atoms with Crippen molar-refractivity contribution >= 4 is 23.3 Å². The zero-order valence-electron chi connectivity index (χ0n) is 9.48. The van der Waals surface area contributed by atoms with Gasteiger partial charge >= 0.3 is 0 Å². The number of nitrogens with one attached hydrogen (secondary N) is 1. The Balaban J connectivity index is 2.20. The lowest BCUT2D eigenvalue weighted by molar-refractivity contribution is 0.587. The first kappa shape index (κ1) is 12.5. The van der Waals surface area contributed by atoms with E-state index in [-0.39, 0.29) is 11.9 Å². The number of hydrogen-bond acceptors (Lipinski definition) is 5. The molecule has 0 saturated carbocycles. The van der Waals surface area contributed by atoms with Crippen molar-refractivity contribution in [3.05, 3.63) is 35.9 Å². The number of nitrogens with zero attached hydrogens (tertiary/aromatic N) is 2. The van der Waals surface area contributed by atoms with Gasteiger partial charge in [-0.25, -0.2) is 9.37 Å². The molecule has 0 fully saturated rings. The molecule has 0 spiro atoms. The van der Waals surface area contributed by atoms with Gasteiger partial charge in [-0.15, -0.1) is 0 Å². The maximum absolute atomic E-state index is 13.8. The van der Waals surface area contributed by atoms with Gasteiger partial charge in [0.25, 0.3) is 0 Å². The van der Waals surface area contributed by atoms with Crippen molar-refractivity contribution in [2.75, 3.05) is 7.05 Å². The molecule has 1 heterocycles. The highest BCUT2D eigenvalue weighted by atomic mass is 32.2. The van der Waals surface area contributed by atoms with Crippen molar-refractivity contribution in [3.63, 3.8) is 0 Å². The molecular weight excluding hydrogens is 257 g/mol. The monoisotopic (exact) mass is 269 g/mol. The minimum absolute atomic E-state index is 0.144. The third kappa shape index (κ3) is 3.02. The largest absolute Gasteiger partial charge is 0.313 e. The molecule has 0 saturated heterocycles. The van der Waals surface area contributed by atoms with Gasteiger partial charge in [0.2, 0.25) is 0 Å². The molecule has 0 amide bonds.